The first kappa shape index (κ1) is 14.6. The van der Waals surface area contributed by atoms with E-state index in [0.29, 0.717) is 18.4 Å². The molecule has 0 spiro atoms. The molecule has 0 saturated heterocycles. The summed E-state index contributed by atoms with van der Waals surface area (Å²) in [5, 5.41) is 0. The van der Waals surface area contributed by atoms with E-state index in [0.717, 1.165) is 6.42 Å². The maximum absolute atomic E-state index is 11.8. The van der Waals surface area contributed by atoms with Crippen molar-refractivity contribution in [2.45, 2.75) is 54.0 Å². The molecule has 90 valence electrons. The number of carbonyl (C=O) groups is 1. The van der Waals surface area contributed by atoms with E-state index < -0.39 is 0 Å². The highest BCUT2D eigenvalue weighted by atomic mass is 16.1. The third-order valence-electron chi connectivity index (χ3n) is 3.48. The SMILES string of the molecule is CCC(C)C(=O)CN(C)C(C)C(C)(C)C. The molecule has 0 heterocycles. The lowest BCUT2D eigenvalue weighted by Gasteiger charge is -2.35. The molecule has 2 heteroatoms. The lowest BCUT2D eigenvalue weighted by Crippen LogP contribution is -2.42. The van der Waals surface area contributed by atoms with Crippen molar-refractivity contribution in [1.29, 1.82) is 0 Å². The third-order valence-corrected chi connectivity index (χ3v) is 3.48. The predicted molar refractivity (Wildman–Crippen MR) is 66.0 cm³/mol. The van der Waals surface area contributed by atoms with Gasteiger partial charge in [0, 0.05) is 12.0 Å². The maximum atomic E-state index is 11.8. The fourth-order valence-corrected chi connectivity index (χ4v) is 1.43. The number of hydrogen-bond acceptors (Lipinski definition) is 2. The Hall–Kier alpha value is -0.370. The van der Waals surface area contributed by atoms with Crippen LogP contribution in [0.3, 0.4) is 0 Å². The van der Waals surface area contributed by atoms with Crippen LogP contribution in [0.15, 0.2) is 0 Å². The van der Waals surface area contributed by atoms with Crippen molar-refractivity contribution < 1.29 is 4.79 Å². The number of hydrogen-bond donors (Lipinski definition) is 0. The largest absolute Gasteiger partial charge is 0.298 e. The van der Waals surface area contributed by atoms with Crippen LogP contribution in [0, 0.1) is 11.3 Å². The number of Topliss-reactive ketones (excluding diaryl/α,β-unsaturated/α-hetero) is 1. The molecule has 0 bridgehead atoms. The molecule has 2 atom stereocenters. The van der Waals surface area contributed by atoms with E-state index in [9.17, 15) is 4.79 Å². The van der Waals surface area contributed by atoms with E-state index in [1.807, 2.05) is 14.0 Å². The second kappa shape index (κ2) is 5.64. The molecule has 0 aromatic heterocycles. The fraction of sp³-hybridized carbons (Fsp3) is 0.923. The monoisotopic (exact) mass is 213 g/mol. The minimum Gasteiger partial charge on any atom is -0.298 e. The van der Waals surface area contributed by atoms with Gasteiger partial charge in [0.1, 0.15) is 5.78 Å². The van der Waals surface area contributed by atoms with Crippen molar-refractivity contribution in [2.24, 2.45) is 11.3 Å². The van der Waals surface area contributed by atoms with Crippen LogP contribution in [0.2, 0.25) is 0 Å². The van der Waals surface area contributed by atoms with Crippen molar-refractivity contribution >= 4 is 5.78 Å². The summed E-state index contributed by atoms with van der Waals surface area (Å²) in [6, 6.07) is 0.422. The predicted octanol–water partition coefficient (Wildman–Crippen LogP) is 2.97. The van der Waals surface area contributed by atoms with Gasteiger partial charge in [-0.3, -0.25) is 9.69 Å². The summed E-state index contributed by atoms with van der Waals surface area (Å²) in [5.74, 6) is 0.552. The molecule has 0 saturated carbocycles. The molecule has 0 radical (unpaired) electrons. The molecule has 2 unspecified atom stereocenters. The minimum absolute atomic E-state index is 0.194. The van der Waals surface area contributed by atoms with E-state index in [-0.39, 0.29) is 11.3 Å². The third kappa shape index (κ3) is 4.78. The number of likely N-dealkylation sites (N-methyl/N-ethyl adjacent to an activating group) is 1. The first-order valence-electron chi connectivity index (χ1n) is 5.93. The zero-order valence-corrected chi connectivity index (χ0v) is 11.4. The maximum Gasteiger partial charge on any atom is 0.149 e. The molecule has 0 aromatic rings. The van der Waals surface area contributed by atoms with Crippen LogP contribution in [-0.2, 0) is 4.79 Å². The molecule has 2 nitrogen and oxygen atoms in total. The Kier molecular flexibility index (Phi) is 5.50. The van der Waals surface area contributed by atoms with Crippen LogP contribution in [0.1, 0.15) is 48.0 Å². The minimum atomic E-state index is 0.194. The molecular weight excluding hydrogens is 186 g/mol. The van der Waals surface area contributed by atoms with Gasteiger partial charge in [-0.2, -0.15) is 0 Å². The van der Waals surface area contributed by atoms with Crippen molar-refractivity contribution in [3.8, 4) is 0 Å². The van der Waals surface area contributed by atoms with Gasteiger partial charge in [0.25, 0.3) is 0 Å². The van der Waals surface area contributed by atoms with Crippen molar-refractivity contribution in [3.05, 3.63) is 0 Å². The smallest absolute Gasteiger partial charge is 0.149 e. The summed E-state index contributed by atoms with van der Waals surface area (Å²) in [4.78, 5) is 13.9. The normalized spacial score (nSPS) is 16.5. The highest BCUT2D eigenvalue weighted by molar-refractivity contribution is 5.82. The van der Waals surface area contributed by atoms with E-state index in [1.54, 1.807) is 0 Å². The molecule has 0 aliphatic rings. The number of carbonyl (C=O) groups excluding carboxylic acids is 1. The van der Waals surface area contributed by atoms with Crippen LogP contribution in [0.4, 0.5) is 0 Å². The number of ketones is 1. The summed E-state index contributed by atoms with van der Waals surface area (Å²) in [7, 11) is 2.04. The summed E-state index contributed by atoms with van der Waals surface area (Å²) < 4.78 is 0. The van der Waals surface area contributed by atoms with Crippen LogP contribution >= 0.6 is 0 Å². The molecule has 0 N–H and O–H groups in total. The average Bonchev–Trinajstić information content (AvgIpc) is 2.13. The van der Waals surface area contributed by atoms with Gasteiger partial charge < -0.3 is 0 Å². The van der Waals surface area contributed by atoms with Gasteiger partial charge in [0.05, 0.1) is 6.54 Å². The van der Waals surface area contributed by atoms with Gasteiger partial charge in [-0.15, -0.1) is 0 Å². The Labute approximate surface area is 95.0 Å². The molecule has 0 aliphatic carbocycles. The second-order valence-electron chi connectivity index (χ2n) is 5.73. The fourth-order valence-electron chi connectivity index (χ4n) is 1.43. The molecule has 0 aromatic carbocycles. The molecular formula is C13H27NO. The van der Waals surface area contributed by atoms with Crippen LogP contribution in [0.5, 0.6) is 0 Å². The molecule has 0 rings (SSSR count). The molecule has 0 aliphatic heterocycles. The topological polar surface area (TPSA) is 20.3 Å². The van der Waals surface area contributed by atoms with Gasteiger partial charge in [-0.05, 0) is 25.8 Å². The standard InChI is InChI=1S/C13H27NO/c1-8-10(2)12(15)9-14(7)11(3)13(4,5)6/h10-11H,8-9H2,1-7H3. The Bertz CT molecular complexity index is 205. The highest BCUT2D eigenvalue weighted by Gasteiger charge is 2.25. The van der Waals surface area contributed by atoms with Crippen molar-refractivity contribution in [2.75, 3.05) is 13.6 Å². The summed E-state index contributed by atoms with van der Waals surface area (Å²) in [6.45, 7) is 13.5. The Balaban J connectivity index is 4.25. The van der Waals surface area contributed by atoms with E-state index in [1.165, 1.54) is 0 Å². The lowest BCUT2D eigenvalue weighted by atomic mass is 9.87. The molecule has 0 amide bonds. The average molecular weight is 213 g/mol. The van der Waals surface area contributed by atoms with Gasteiger partial charge >= 0.3 is 0 Å². The summed E-state index contributed by atoms with van der Waals surface area (Å²) in [6.07, 6.45) is 0.941. The number of nitrogens with zero attached hydrogens (tertiary/aromatic N) is 1. The zero-order chi connectivity index (χ0) is 12.2. The molecule has 15 heavy (non-hydrogen) atoms. The van der Waals surface area contributed by atoms with Crippen LogP contribution in [-0.4, -0.2) is 30.3 Å². The Morgan fingerprint density at radius 3 is 2.07 bits per heavy atom. The van der Waals surface area contributed by atoms with Crippen LogP contribution in [0.25, 0.3) is 0 Å². The van der Waals surface area contributed by atoms with E-state index in [2.05, 4.69) is 39.5 Å². The lowest BCUT2D eigenvalue weighted by molar-refractivity contribution is -0.124. The van der Waals surface area contributed by atoms with Gasteiger partial charge in [0.15, 0.2) is 0 Å². The van der Waals surface area contributed by atoms with Crippen LogP contribution < -0.4 is 0 Å². The van der Waals surface area contributed by atoms with E-state index in [4.69, 9.17) is 0 Å². The molecule has 0 fully saturated rings. The van der Waals surface area contributed by atoms with Crippen molar-refractivity contribution in [1.82, 2.24) is 4.90 Å². The van der Waals surface area contributed by atoms with E-state index >= 15 is 0 Å². The number of rotatable bonds is 5. The van der Waals surface area contributed by atoms with Crippen molar-refractivity contribution in [3.63, 3.8) is 0 Å². The zero-order valence-electron chi connectivity index (χ0n) is 11.4. The van der Waals surface area contributed by atoms with Gasteiger partial charge in [-0.25, -0.2) is 0 Å². The van der Waals surface area contributed by atoms with Gasteiger partial charge in [-0.1, -0.05) is 34.6 Å². The second-order valence-corrected chi connectivity index (χ2v) is 5.73. The quantitative estimate of drug-likeness (QED) is 0.700. The summed E-state index contributed by atoms with van der Waals surface area (Å²) >= 11 is 0. The first-order valence-corrected chi connectivity index (χ1v) is 5.93. The first-order chi connectivity index (χ1) is 6.70. The van der Waals surface area contributed by atoms with Gasteiger partial charge in [0.2, 0.25) is 0 Å². The summed E-state index contributed by atoms with van der Waals surface area (Å²) in [5.41, 5.74) is 0.227. The highest BCUT2D eigenvalue weighted by Crippen LogP contribution is 2.23. The Morgan fingerprint density at radius 2 is 1.73 bits per heavy atom. The Morgan fingerprint density at radius 1 is 1.27 bits per heavy atom.